The van der Waals surface area contributed by atoms with E-state index in [0.717, 1.165) is 29.2 Å². The standard InChI is InChI=1S/C15H18ClNO/c1-9(2)13-6-11-5-12(16)15(7-14(11)17-13)18-8-10-3-4-10/h5-7,9-10,17H,3-4,8H2,1-2H3. The summed E-state index contributed by atoms with van der Waals surface area (Å²) in [6.07, 6.45) is 2.58. The SMILES string of the molecule is CC(C)c1cc2cc(Cl)c(OCC3CC3)cc2[nH]1. The Morgan fingerprint density at radius 3 is 2.78 bits per heavy atom. The summed E-state index contributed by atoms with van der Waals surface area (Å²) in [4.78, 5) is 3.43. The van der Waals surface area contributed by atoms with Crippen LogP contribution >= 0.6 is 11.6 Å². The summed E-state index contributed by atoms with van der Waals surface area (Å²) < 4.78 is 5.79. The van der Waals surface area contributed by atoms with Crippen LogP contribution in [0.2, 0.25) is 5.02 Å². The summed E-state index contributed by atoms with van der Waals surface area (Å²) in [5.41, 5.74) is 2.34. The molecule has 0 radical (unpaired) electrons. The molecule has 0 spiro atoms. The van der Waals surface area contributed by atoms with Crippen molar-refractivity contribution in [2.75, 3.05) is 6.61 Å². The molecule has 1 aliphatic rings. The number of hydrogen-bond donors (Lipinski definition) is 1. The maximum atomic E-state index is 6.26. The molecule has 1 saturated carbocycles. The van der Waals surface area contributed by atoms with Crippen LogP contribution in [-0.4, -0.2) is 11.6 Å². The van der Waals surface area contributed by atoms with Gasteiger partial charge in [-0.05, 0) is 36.8 Å². The molecule has 2 aromatic rings. The fourth-order valence-corrected chi connectivity index (χ4v) is 2.30. The molecule has 2 nitrogen and oxygen atoms in total. The van der Waals surface area contributed by atoms with Gasteiger partial charge in [0.05, 0.1) is 11.6 Å². The lowest BCUT2D eigenvalue weighted by Gasteiger charge is -2.07. The van der Waals surface area contributed by atoms with Gasteiger partial charge in [0.1, 0.15) is 5.75 Å². The highest BCUT2D eigenvalue weighted by atomic mass is 35.5. The Balaban J connectivity index is 1.91. The molecule has 1 N–H and O–H groups in total. The van der Waals surface area contributed by atoms with Crippen molar-refractivity contribution in [3.05, 3.63) is 28.9 Å². The maximum absolute atomic E-state index is 6.26. The molecule has 0 amide bonds. The van der Waals surface area contributed by atoms with Crippen molar-refractivity contribution < 1.29 is 4.74 Å². The second kappa shape index (κ2) is 4.51. The number of ether oxygens (including phenoxy) is 1. The Labute approximate surface area is 112 Å². The quantitative estimate of drug-likeness (QED) is 0.847. The van der Waals surface area contributed by atoms with Crippen molar-refractivity contribution in [1.29, 1.82) is 0 Å². The van der Waals surface area contributed by atoms with Crippen LogP contribution in [0.5, 0.6) is 5.75 Å². The molecule has 1 aliphatic carbocycles. The summed E-state index contributed by atoms with van der Waals surface area (Å²) >= 11 is 6.26. The first kappa shape index (κ1) is 11.9. The number of hydrogen-bond acceptors (Lipinski definition) is 1. The average Bonchev–Trinajstić information content (AvgIpc) is 3.05. The minimum absolute atomic E-state index is 0.493. The van der Waals surface area contributed by atoms with E-state index in [1.165, 1.54) is 18.5 Å². The molecule has 3 rings (SSSR count). The maximum Gasteiger partial charge on any atom is 0.140 e. The van der Waals surface area contributed by atoms with Gasteiger partial charge in [0.2, 0.25) is 0 Å². The molecule has 0 atom stereocenters. The van der Waals surface area contributed by atoms with E-state index in [0.29, 0.717) is 10.9 Å². The minimum Gasteiger partial charge on any atom is -0.492 e. The van der Waals surface area contributed by atoms with Crippen LogP contribution in [0.3, 0.4) is 0 Å². The zero-order valence-electron chi connectivity index (χ0n) is 10.8. The van der Waals surface area contributed by atoms with Gasteiger partial charge < -0.3 is 9.72 Å². The molecular formula is C15H18ClNO. The van der Waals surface area contributed by atoms with Crippen LogP contribution in [0.25, 0.3) is 10.9 Å². The lowest BCUT2D eigenvalue weighted by atomic mass is 10.1. The highest BCUT2D eigenvalue weighted by molar-refractivity contribution is 6.32. The van der Waals surface area contributed by atoms with Crippen LogP contribution < -0.4 is 4.74 Å². The van der Waals surface area contributed by atoms with Gasteiger partial charge >= 0.3 is 0 Å². The Bertz CT molecular complexity index is 569. The normalized spacial score (nSPS) is 15.6. The van der Waals surface area contributed by atoms with Gasteiger partial charge in [-0.1, -0.05) is 25.4 Å². The van der Waals surface area contributed by atoms with E-state index < -0.39 is 0 Å². The Kier molecular flexibility index (Phi) is 2.98. The van der Waals surface area contributed by atoms with Crippen molar-refractivity contribution >= 4 is 22.5 Å². The number of benzene rings is 1. The van der Waals surface area contributed by atoms with Crippen LogP contribution in [0.15, 0.2) is 18.2 Å². The summed E-state index contributed by atoms with van der Waals surface area (Å²) in [5.74, 6) is 2.03. The second-order valence-electron chi connectivity index (χ2n) is 5.50. The molecule has 1 aromatic carbocycles. The Morgan fingerprint density at radius 1 is 1.33 bits per heavy atom. The first-order chi connectivity index (χ1) is 8.63. The zero-order valence-corrected chi connectivity index (χ0v) is 11.6. The molecule has 3 heteroatoms. The van der Waals surface area contributed by atoms with Crippen LogP contribution in [-0.2, 0) is 0 Å². The van der Waals surface area contributed by atoms with Crippen molar-refractivity contribution in [1.82, 2.24) is 4.98 Å². The number of nitrogens with one attached hydrogen (secondary N) is 1. The van der Waals surface area contributed by atoms with Gasteiger partial charge in [-0.2, -0.15) is 0 Å². The predicted molar refractivity (Wildman–Crippen MR) is 75.6 cm³/mol. The van der Waals surface area contributed by atoms with Crippen molar-refractivity contribution in [2.45, 2.75) is 32.6 Å². The number of rotatable bonds is 4. The van der Waals surface area contributed by atoms with Gasteiger partial charge in [-0.3, -0.25) is 0 Å². The lowest BCUT2D eigenvalue weighted by molar-refractivity contribution is 0.300. The van der Waals surface area contributed by atoms with Gasteiger partial charge in [-0.25, -0.2) is 0 Å². The van der Waals surface area contributed by atoms with Gasteiger partial charge in [-0.15, -0.1) is 0 Å². The summed E-state index contributed by atoms with van der Waals surface area (Å²) in [6, 6.07) is 6.17. The molecule has 1 heterocycles. The number of fused-ring (bicyclic) bond motifs is 1. The molecule has 0 unspecified atom stereocenters. The van der Waals surface area contributed by atoms with E-state index in [9.17, 15) is 0 Å². The summed E-state index contributed by atoms with van der Waals surface area (Å²) in [7, 11) is 0. The third-order valence-corrected chi connectivity index (χ3v) is 3.78. The fourth-order valence-electron chi connectivity index (χ4n) is 2.07. The van der Waals surface area contributed by atoms with Gasteiger partial charge in [0, 0.05) is 22.7 Å². The topological polar surface area (TPSA) is 25.0 Å². The first-order valence-corrected chi connectivity index (χ1v) is 6.96. The van der Waals surface area contributed by atoms with E-state index in [1.807, 2.05) is 12.1 Å². The number of halogens is 1. The fraction of sp³-hybridized carbons (Fsp3) is 0.467. The molecule has 96 valence electrons. The van der Waals surface area contributed by atoms with Crippen molar-refractivity contribution in [3.8, 4) is 5.75 Å². The van der Waals surface area contributed by atoms with E-state index in [1.54, 1.807) is 0 Å². The number of H-pyrrole nitrogens is 1. The molecule has 18 heavy (non-hydrogen) atoms. The van der Waals surface area contributed by atoms with Crippen LogP contribution in [0.1, 0.15) is 38.3 Å². The number of aromatic amines is 1. The smallest absolute Gasteiger partial charge is 0.140 e. The predicted octanol–water partition coefficient (Wildman–Crippen LogP) is 4.73. The summed E-state index contributed by atoms with van der Waals surface area (Å²) in [6.45, 7) is 5.15. The van der Waals surface area contributed by atoms with Crippen LogP contribution in [0.4, 0.5) is 0 Å². The van der Waals surface area contributed by atoms with Gasteiger partial charge in [0.25, 0.3) is 0 Å². The first-order valence-electron chi connectivity index (χ1n) is 6.58. The van der Waals surface area contributed by atoms with E-state index in [2.05, 4.69) is 24.9 Å². The molecule has 0 saturated heterocycles. The summed E-state index contributed by atoms with van der Waals surface area (Å²) in [5, 5.41) is 1.86. The largest absolute Gasteiger partial charge is 0.492 e. The Hall–Kier alpha value is -1.15. The third-order valence-electron chi connectivity index (χ3n) is 3.49. The molecule has 0 aliphatic heterocycles. The third kappa shape index (κ3) is 2.35. The highest BCUT2D eigenvalue weighted by Crippen LogP contribution is 2.34. The molecule has 1 fully saturated rings. The molecule has 0 bridgehead atoms. The highest BCUT2D eigenvalue weighted by Gasteiger charge is 2.22. The van der Waals surface area contributed by atoms with E-state index in [4.69, 9.17) is 16.3 Å². The second-order valence-corrected chi connectivity index (χ2v) is 5.91. The van der Waals surface area contributed by atoms with Crippen molar-refractivity contribution in [3.63, 3.8) is 0 Å². The molecule has 1 aromatic heterocycles. The van der Waals surface area contributed by atoms with Gasteiger partial charge in [0.15, 0.2) is 0 Å². The molecular weight excluding hydrogens is 246 g/mol. The van der Waals surface area contributed by atoms with E-state index in [-0.39, 0.29) is 0 Å². The van der Waals surface area contributed by atoms with E-state index >= 15 is 0 Å². The zero-order chi connectivity index (χ0) is 12.7. The Morgan fingerprint density at radius 2 is 2.11 bits per heavy atom. The minimum atomic E-state index is 0.493. The van der Waals surface area contributed by atoms with Crippen LogP contribution in [0, 0.1) is 5.92 Å². The average molecular weight is 264 g/mol. The lowest BCUT2D eigenvalue weighted by Crippen LogP contribution is -1.99. The number of aromatic nitrogens is 1. The monoisotopic (exact) mass is 263 g/mol. The van der Waals surface area contributed by atoms with Crippen molar-refractivity contribution in [2.24, 2.45) is 5.92 Å².